The fourth-order valence-electron chi connectivity index (χ4n) is 2.49. The lowest BCUT2D eigenvalue weighted by Crippen LogP contribution is -1.91. The van der Waals surface area contributed by atoms with Crippen molar-refractivity contribution >= 4 is 0 Å². The van der Waals surface area contributed by atoms with Gasteiger partial charge in [0.15, 0.2) is 0 Å². The van der Waals surface area contributed by atoms with Crippen LogP contribution in [0, 0.1) is 0 Å². The van der Waals surface area contributed by atoms with Gasteiger partial charge in [-0.3, -0.25) is 4.98 Å². The highest BCUT2D eigenvalue weighted by Crippen LogP contribution is 2.30. The molecule has 2 aromatic carbocycles. The fraction of sp³-hybridized carbons (Fsp3) is 0.150. The van der Waals surface area contributed by atoms with E-state index in [1.165, 1.54) is 27.8 Å². The van der Waals surface area contributed by atoms with E-state index in [0.717, 1.165) is 0 Å². The van der Waals surface area contributed by atoms with E-state index >= 15 is 0 Å². The Morgan fingerprint density at radius 2 is 1.24 bits per heavy atom. The molecular weight excluding hydrogens is 254 g/mol. The third-order valence-corrected chi connectivity index (χ3v) is 3.74. The van der Waals surface area contributed by atoms with Gasteiger partial charge in [0.05, 0.1) is 0 Å². The van der Waals surface area contributed by atoms with E-state index in [1.54, 1.807) is 0 Å². The Hall–Kier alpha value is -2.41. The van der Waals surface area contributed by atoms with Crippen LogP contribution in [0.2, 0.25) is 0 Å². The van der Waals surface area contributed by atoms with Gasteiger partial charge < -0.3 is 0 Å². The Labute approximate surface area is 126 Å². The van der Waals surface area contributed by atoms with Crippen molar-refractivity contribution in [3.8, 4) is 22.3 Å². The molecule has 0 aliphatic carbocycles. The van der Waals surface area contributed by atoms with E-state index in [1.807, 2.05) is 12.4 Å². The van der Waals surface area contributed by atoms with Crippen LogP contribution in [0.15, 0.2) is 73.1 Å². The van der Waals surface area contributed by atoms with Crippen LogP contribution in [0.4, 0.5) is 0 Å². The van der Waals surface area contributed by atoms with Crippen LogP contribution < -0.4 is 0 Å². The van der Waals surface area contributed by atoms with Crippen molar-refractivity contribution < 1.29 is 0 Å². The van der Waals surface area contributed by atoms with Crippen LogP contribution >= 0.6 is 0 Å². The predicted molar refractivity (Wildman–Crippen MR) is 89.2 cm³/mol. The van der Waals surface area contributed by atoms with Crippen LogP contribution in [0.5, 0.6) is 0 Å². The van der Waals surface area contributed by atoms with E-state index in [2.05, 4.69) is 79.5 Å². The second-order valence-electron chi connectivity index (χ2n) is 5.60. The first-order chi connectivity index (χ1) is 10.2. The Morgan fingerprint density at radius 1 is 0.667 bits per heavy atom. The smallest absolute Gasteiger partial charge is 0.0273 e. The quantitative estimate of drug-likeness (QED) is 0.610. The Kier molecular flexibility index (Phi) is 3.83. The van der Waals surface area contributed by atoms with E-state index < -0.39 is 0 Å². The minimum Gasteiger partial charge on any atom is -0.265 e. The second-order valence-corrected chi connectivity index (χ2v) is 5.60. The van der Waals surface area contributed by atoms with Gasteiger partial charge in [0.25, 0.3) is 0 Å². The topological polar surface area (TPSA) is 12.9 Å². The first-order valence-electron chi connectivity index (χ1n) is 7.35. The lowest BCUT2D eigenvalue weighted by atomic mass is 9.92. The summed E-state index contributed by atoms with van der Waals surface area (Å²) in [6, 6.07) is 21.5. The summed E-state index contributed by atoms with van der Waals surface area (Å²) in [6.45, 7) is 4.47. The van der Waals surface area contributed by atoms with Crippen LogP contribution in [0.1, 0.15) is 25.3 Å². The van der Waals surface area contributed by atoms with Crippen molar-refractivity contribution in [3.05, 3.63) is 78.6 Å². The number of nitrogens with zero attached hydrogens (tertiary/aromatic N) is 1. The zero-order valence-electron chi connectivity index (χ0n) is 12.5. The van der Waals surface area contributed by atoms with Gasteiger partial charge in [-0.2, -0.15) is 0 Å². The highest BCUT2D eigenvalue weighted by molar-refractivity contribution is 5.74. The Morgan fingerprint density at radius 3 is 1.81 bits per heavy atom. The Bertz CT molecular complexity index is 658. The van der Waals surface area contributed by atoms with E-state index in [4.69, 9.17) is 0 Å². The largest absolute Gasteiger partial charge is 0.265 e. The van der Waals surface area contributed by atoms with Gasteiger partial charge in [0.1, 0.15) is 0 Å². The first-order valence-corrected chi connectivity index (χ1v) is 7.35. The first kappa shape index (κ1) is 13.6. The molecular formula is C20H19N. The van der Waals surface area contributed by atoms with Crippen LogP contribution in [0.25, 0.3) is 22.3 Å². The summed E-state index contributed by atoms with van der Waals surface area (Å²) < 4.78 is 0. The molecule has 0 unspecified atom stereocenters. The van der Waals surface area contributed by atoms with Crippen molar-refractivity contribution in [1.29, 1.82) is 0 Å². The zero-order valence-corrected chi connectivity index (χ0v) is 12.5. The van der Waals surface area contributed by atoms with Crippen molar-refractivity contribution in [3.63, 3.8) is 0 Å². The number of benzene rings is 2. The third kappa shape index (κ3) is 3.03. The molecule has 0 aliphatic rings. The van der Waals surface area contributed by atoms with Gasteiger partial charge in [0, 0.05) is 12.4 Å². The maximum atomic E-state index is 4.11. The average molecular weight is 273 g/mol. The fourth-order valence-corrected chi connectivity index (χ4v) is 2.49. The van der Waals surface area contributed by atoms with Gasteiger partial charge in [-0.25, -0.2) is 0 Å². The minimum atomic E-state index is 0.509. The van der Waals surface area contributed by atoms with Crippen LogP contribution in [0.3, 0.4) is 0 Å². The summed E-state index contributed by atoms with van der Waals surface area (Å²) >= 11 is 0. The molecule has 1 nitrogen and oxygen atoms in total. The second kappa shape index (κ2) is 5.92. The maximum Gasteiger partial charge on any atom is 0.0273 e. The molecule has 104 valence electrons. The molecule has 1 aromatic heterocycles. The molecule has 0 radical (unpaired) electrons. The van der Waals surface area contributed by atoms with Crippen LogP contribution in [-0.4, -0.2) is 4.98 Å². The van der Waals surface area contributed by atoms with Gasteiger partial charge in [-0.1, -0.05) is 56.3 Å². The Balaban J connectivity index is 2.16. The molecule has 0 aliphatic heterocycles. The zero-order chi connectivity index (χ0) is 14.7. The van der Waals surface area contributed by atoms with Gasteiger partial charge >= 0.3 is 0 Å². The summed E-state index contributed by atoms with van der Waals surface area (Å²) in [6.07, 6.45) is 3.69. The lowest BCUT2D eigenvalue weighted by Gasteiger charge is -2.13. The highest BCUT2D eigenvalue weighted by atomic mass is 14.6. The number of aromatic nitrogens is 1. The minimum absolute atomic E-state index is 0.509. The highest BCUT2D eigenvalue weighted by Gasteiger charge is 2.07. The van der Waals surface area contributed by atoms with Crippen molar-refractivity contribution in [1.82, 2.24) is 4.98 Å². The monoisotopic (exact) mass is 273 g/mol. The van der Waals surface area contributed by atoms with E-state index in [0.29, 0.717) is 5.92 Å². The van der Waals surface area contributed by atoms with Crippen molar-refractivity contribution in [2.75, 3.05) is 0 Å². The SMILES string of the molecule is CC(C)c1cc(-c2ccccc2)cc(-c2ccncc2)c1. The van der Waals surface area contributed by atoms with Gasteiger partial charge in [0.2, 0.25) is 0 Å². The molecule has 0 saturated carbocycles. The molecule has 0 atom stereocenters. The summed E-state index contributed by atoms with van der Waals surface area (Å²) in [5.41, 5.74) is 6.36. The lowest BCUT2D eigenvalue weighted by molar-refractivity contribution is 0.867. The normalized spacial score (nSPS) is 10.8. The van der Waals surface area contributed by atoms with Crippen molar-refractivity contribution in [2.45, 2.75) is 19.8 Å². The molecule has 1 heterocycles. The molecule has 0 N–H and O–H groups in total. The molecule has 3 aromatic rings. The standard InChI is InChI=1S/C20H19N/c1-15(2)18-12-19(16-6-4-3-5-7-16)14-20(13-18)17-8-10-21-11-9-17/h3-15H,1-2H3. The number of rotatable bonds is 3. The predicted octanol–water partition coefficient (Wildman–Crippen LogP) is 5.54. The molecule has 0 spiro atoms. The molecule has 0 amide bonds. The molecule has 0 saturated heterocycles. The summed E-state index contributed by atoms with van der Waals surface area (Å²) in [5.74, 6) is 0.509. The molecule has 1 heteroatoms. The molecule has 3 rings (SSSR count). The third-order valence-electron chi connectivity index (χ3n) is 3.74. The summed E-state index contributed by atoms with van der Waals surface area (Å²) in [4.78, 5) is 4.11. The molecule has 0 fully saturated rings. The van der Waals surface area contributed by atoms with E-state index in [-0.39, 0.29) is 0 Å². The molecule has 21 heavy (non-hydrogen) atoms. The number of pyridine rings is 1. The van der Waals surface area contributed by atoms with E-state index in [9.17, 15) is 0 Å². The van der Waals surface area contributed by atoms with Crippen LogP contribution in [-0.2, 0) is 0 Å². The summed E-state index contributed by atoms with van der Waals surface area (Å²) in [5, 5.41) is 0. The number of hydrogen-bond donors (Lipinski definition) is 0. The van der Waals surface area contributed by atoms with Crippen molar-refractivity contribution in [2.24, 2.45) is 0 Å². The number of hydrogen-bond acceptors (Lipinski definition) is 1. The van der Waals surface area contributed by atoms with Gasteiger partial charge in [-0.15, -0.1) is 0 Å². The molecule has 0 bridgehead atoms. The average Bonchev–Trinajstić information content (AvgIpc) is 2.56. The summed E-state index contributed by atoms with van der Waals surface area (Å²) in [7, 11) is 0. The van der Waals surface area contributed by atoms with Gasteiger partial charge in [-0.05, 0) is 51.9 Å². The maximum absolute atomic E-state index is 4.11.